The lowest BCUT2D eigenvalue weighted by atomic mass is 10.5. The van der Waals surface area contributed by atoms with Gasteiger partial charge in [-0.2, -0.15) is 0 Å². The first-order valence-electron chi connectivity index (χ1n) is 5.49. The summed E-state index contributed by atoms with van der Waals surface area (Å²) in [5, 5.41) is 0. The van der Waals surface area contributed by atoms with E-state index < -0.39 is 0 Å². The highest BCUT2D eigenvalue weighted by atomic mass is 32.1. The van der Waals surface area contributed by atoms with Gasteiger partial charge in [0.15, 0.2) is 0 Å². The van der Waals surface area contributed by atoms with Crippen molar-refractivity contribution in [1.29, 1.82) is 0 Å². The van der Waals surface area contributed by atoms with E-state index in [1.807, 2.05) is 0 Å². The highest BCUT2D eigenvalue weighted by Crippen LogP contribution is 2.44. The maximum Gasteiger partial charge on any atom is 0.0887 e. The second-order valence-electron chi connectivity index (χ2n) is 3.37. The van der Waals surface area contributed by atoms with Gasteiger partial charge in [-0.1, -0.05) is 12.2 Å². The van der Waals surface area contributed by atoms with E-state index in [1.54, 1.807) is 0 Å². The Bertz CT molecular complexity index is 264. The first-order valence-corrected chi connectivity index (χ1v) is 5.90. The van der Waals surface area contributed by atoms with Crippen LogP contribution >= 0.6 is 12.2 Å². The van der Waals surface area contributed by atoms with E-state index in [0.717, 1.165) is 30.7 Å². The minimum atomic E-state index is 1.05. The Kier molecular flexibility index (Phi) is 3.93. The molecule has 1 rings (SSSR count). The monoisotopic (exact) mass is 212 g/mol. The topological polar surface area (TPSA) is 6.48 Å². The van der Waals surface area contributed by atoms with Gasteiger partial charge in [0.1, 0.15) is 0 Å². The number of rotatable bonds is 6. The smallest absolute Gasteiger partial charge is 0.0887 e. The lowest BCUT2D eigenvalue weighted by Crippen LogP contribution is -2.23. The van der Waals surface area contributed by atoms with Crippen molar-refractivity contribution in [3.8, 4) is 0 Å². The molecule has 0 bridgehead atoms. The highest BCUT2D eigenvalue weighted by Gasteiger charge is 2.26. The zero-order chi connectivity index (χ0) is 10.7. The van der Waals surface area contributed by atoms with Gasteiger partial charge in [0.05, 0.1) is 15.9 Å². The Morgan fingerprint density at radius 2 is 1.07 bits per heavy atom. The molecule has 80 valence electrons. The van der Waals surface area contributed by atoms with E-state index in [1.165, 1.54) is 11.4 Å². The molecule has 0 radical (unpaired) electrons. The van der Waals surface area contributed by atoms with Gasteiger partial charge in [-0.15, -0.1) is 0 Å². The number of nitrogens with zero attached hydrogens (tertiary/aromatic N) is 2. The molecule has 0 amide bonds. The molecule has 1 aromatic rings. The van der Waals surface area contributed by atoms with Gasteiger partial charge in [0.25, 0.3) is 0 Å². The molecule has 2 nitrogen and oxygen atoms in total. The van der Waals surface area contributed by atoms with Crippen LogP contribution in [0.4, 0.5) is 11.4 Å². The van der Waals surface area contributed by atoms with Crippen LogP contribution in [-0.4, -0.2) is 26.2 Å². The molecule has 0 unspecified atom stereocenters. The average molecular weight is 212 g/mol. The van der Waals surface area contributed by atoms with Crippen molar-refractivity contribution < 1.29 is 0 Å². The van der Waals surface area contributed by atoms with Crippen LogP contribution in [0.5, 0.6) is 0 Å². The third kappa shape index (κ3) is 1.92. The Labute approximate surface area is 92.2 Å². The Morgan fingerprint density at radius 3 is 1.29 bits per heavy atom. The summed E-state index contributed by atoms with van der Waals surface area (Å²) >= 11 is 5.35. The van der Waals surface area contributed by atoms with E-state index in [9.17, 15) is 0 Å². The van der Waals surface area contributed by atoms with E-state index in [2.05, 4.69) is 37.5 Å². The molecule has 14 heavy (non-hydrogen) atoms. The molecule has 0 aromatic heterocycles. The standard InChI is InChI=1S/C11H20N2S/c1-5-12(6-2)9-10(11(9)14)13(7-3)8-4/h5-8H2,1-4H3. The molecular weight excluding hydrogens is 192 g/mol. The fourth-order valence-electron chi connectivity index (χ4n) is 1.82. The lowest BCUT2D eigenvalue weighted by molar-refractivity contribution is 0.855. The molecule has 0 heterocycles. The summed E-state index contributed by atoms with van der Waals surface area (Å²) in [5.74, 6) is 0. The zero-order valence-corrected chi connectivity index (χ0v) is 10.4. The van der Waals surface area contributed by atoms with E-state index >= 15 is 0 Å². The molecule has 0 aliphatic rings. The fourth-order valence-corrected chi connectivity index (χ4v) is 2.22. The van der Waals surface area contributed by atoms with Crippen LogP contribution in [0.1, 0.15) is 27.7 Å². The van der Waals surface area contributed by atoms with E-state index in [-0.39, 0.29) is 0 Å². The van der Waals surface area contributed by atoms with Crippen molar-refractivity contribution in [2.45, 2.75) is 27.7 Å². The van der Waals surface area contributed by atoms with Gasteiger partial charge < -0.3 is 9.80 Å². The van der Waals surface area contributed by atoms with Gasteiger partial charge in [-0.3, -0.25) is 0 Å². The third-order valence-corrected chi connectivity index (χ3v) is 3.14. The summed E-state index contributed by atoms with van der Waals surface area (Å²) < 4.78 is 1.08. The molecule has 1 aromatic carbocycles. The van der Waals surface area contributed by atoms with Gasteiger partial charge in [0.2, 0.25) is 0 Å². The highest BCUT2D eigenvalue weighted by molar-refractivity contribution is 7.72. The summed E-state index contributed by atoms with van der Waals surface area (Å²) in [6.45, 7) is 12.9. The normalized spacial score (nSPS) is 10.9. The minimum Gasteiger partial charge on any atom is -0.369 e. The second kappa shape index (κ2) is 4.78. The molecule has 0 N–H and O–H groups in total. The predicted molar refractivity (Wildman–Crippen MR) is 66.8 cm³/mol. The van der Waals surface area contributed by atoms with E-state index in [0.29, 0.717) is 0 Å². The first-order chi connectivity index (χ1) is 6.71. The molecule has 0 saturated carbocycles. The van der Waals surface area contributed by atoms with Gasteiger partial charge >= 0.3 is 0 Å². The van der Waals surface area contributed by atoms with Gasteiger partial charge in [0, 0.05) is 26.2 Å². The van der Waals surface area contributed by atoms with Crippen LogP contribution in [0, 0.1) is 4.51 Å². The largest absolute Gasteiger partial charge is 0.369 e. The van der Waals surface area contributed by atoms with Crippen LogP contribution in [0.15, 0.2) is 0 Å². The first kappa shape index (κ1) is 11.5. The minimum absolute atomic E-state index is 1.05. The molecular formula is C11H20N2S. The Balaban J connectivity index is 2.77. The summed E-state index contributed by atoms with van der Waals surface area (Å²) in [7, 11) is 0. The van der Waals surface area contributed by atoms with Crippen molar-refractivity contribution in [2.24, 2.45) is 0 Å². The molecule has 0 spiro atoms. The summed E-state index contributed by atoms with van der Waals surface area (Å²) in [5.41, 5.74) is 2.63. The van der Waals surface area contributed by atoms with Crippen LogP contribution in [0.25, 0.3) is 0 Å². The van der Waals surface area contributed by atoms with Gasteiger partial charge in [-0.25, -0.2) is 0 Å². The van der Waals surface area contributed by atoms with E-state index in [4.69, 9.17) is 12.2 Å². The summed E-state index contributed by atoms with van der Waals surface area (Å²) in [6.07, 6.45) is 0. The van der Waals surface area contributed by atoms with Gasteiger partial charge in [-0.05, 0) is 27.7 Å². The number of hydrogen-bond acceptors (Lipinski definition) is 3. The Morgan fingerprint density at radius 1 is 0.786 bits per heavy atom. The lowest BCUT2D eigenvalue weighted by Gasteiger charge is -2.20. The predicted octanol–water partition coefficient (Wildman–Crippen LogP) is 2.98. The van der Waals surface area contributed by atoms with Crippen LogP contribution < -0.4 is 9.80 Å². The second-order valence-corrected chi connectivity index (χ2v) is 3.78. The zero-order valence-electron chi connectivity index (χ0n) is 9.63. The van der Waals surface area contributed by atoms with Crippen LogP contribution in [0.3, 0.4) is 0 Å². The van der Waals surface area contributed by atoms with Crippen molar-refractivity contribution in [3.63, 3.8) is 0 Å². The maximum atomic E-state index is 5.35. The average Bonchev–Trinajstić information content (AvgIpc) is 2.83. The molecule has 0 fully saturated rings. The number of anilines is 2. The van der Waals surface area contributed by atoms with Crippen molar-refractivity contribution in [2.75, 3.05) is 36.0 Å². The molecule has 0 atom stereocenters. The summed E-state index contributed by atoms with van der Waals surface area (Å²) in [4.78, 5) is 4.69. The fraction of sp³-hybridized carbons (Fsp3) is 0.727. The third-order valence-electron chi connectivity index (χ3n) is 2.75. The van der Waals surface area contributed by atoms with Crippen molar-refractivity contribution in [3.05, 3.63) is 4.51 Å². The maximum absolute atomic E-state index is 5.35. The van der Waals surface area contributed by atoms with Crippen molar-refractivity contribution >= 4 is 23.6 Å². The van der Waals surface area contributed by atoms with Crippen LogP contribution in [-0.2, 0) is 0 Å². The molecule has 0 saturated heterocycles. The SMILES string of the molecule is CCN(CC)c1c(N(CC)CC)c1=S. The molecule has 0 aliphatic carbocycles. The molecule has 3 heteroatoms. The number of hydrogen-bond donors (Lipinski definition) is 0. The Hall–Kier alpha value is -0.570. The molecule has 0 aliphatic heterocycles. The summed E-state index contributed by atoms with van der Waals surface area (Å²) in [6, 6.07) is 0. The van der Waals surface area contributed by atoms with Crippen LogP contribution in [0.2, 0.25) is 0 Å². The van der Waals surface area contributed by atoms with Crippen molar-refractivity contribution in [1.82, 2.24) is 0 Å². The quantitative estimate of drug-likeness (QED) is 0.669.